The molecule has 18 heavy (non-hydrogen) atoms. The summed E-state index contributed by atoms with van der Waals surface area (Å²) < 4.78 is 13.0. The largest absolute Gasteiger partial charge is 0.396 e. The van der Waals surface area contributed by atoms with E-state index in [0.717, 1.165) is 6.07 Å². The molecule has 94 valence electrons. The summed E-state index contributed by atoms with van der Waals surface area (Å²) in [5.41, 5.74) is 5.58. The molecule has 1 unspecified atom stereocenters. The predicted octanol–water partition coefficient (Wildman–Crippen LogP) is 0.412. The second kappa shape index (κ2) is 4.78. The van der Waals surface area contributed by atoms with Crippen molar-refractivity contribution >= 4 is 11.6 Å². The lowest BCUT2D eigenvalue weighted by Crippen LogP contribution is -2.27. The second-order valence-electron chi connectivity index (χ2n) is 3.70. The molecule has 1 atom stereocenters. The number of hydrogen-bond donors (Lipinski definition) is 3. The highest BCUT2D eigenvalue weighted by Crippen LogP contribution is 2.13. The Morgan fingerprint density at radius 3 is 2.94 bits per heavy atom. The zero-order chi connectivity index (χ0) is 13.1. The highest BCUT2D eigenvalue weighted by atomic mass is 19.1. The van der Waals surface area contributed by atoms with E-state index in [1.807, 2.05) is 0 Å². The van der Waals surface area contributed by atoms with Gasteiger partial charge in [-0.3, -0.25) is 4.79 Å². The van der Waals surface area contributed by atoms with Crippen LogP contribution < -0.4 is 11.1 Å². The third-order valence-electron chi connectivity index (χ3n) is 2.35. The second-order valence-corrected chi connectivity index (χ2v) is 3.70. The van der Waals surface area contributed by atoms with Gasteiger partial charge in [0.15, 0.2) is 5.82 Å². The topological polar surface area (TPSA) is 110 Å². The number of nitrogen functional groups attached to an aromatic ring is 1. The third-order valence-corrected chi connectivity index (χ3v) is 2.35. The normalized spacial score (nSPS) is 12.1. The molecule has 0 saturated heterocycles. The Hall–Kier alpha value is -2.51. The van der Waals surface area contributed by atoms with Gasteiger partial charge in [-0.05, 0) is 25.1 Å². The number of benzene rings is 1. The van der Waals surface area contributed by atoms with Crippen molar-refractivity contribution < 1.29 is 9.18 Å². The Morgan fingerprint density at radius 1 is 1.56 bits per heavy atom. The van der Waals surface area contributed by atoms with Crippen molar-refractivity contribution in [2.24, 2.45) is 0 Å². The summed E-state index contributed by atoms with van der Waals surface area (Å²) in [6, 6.07) is 3.35. The summed E-state index contributed by atoms with van der Waals surface area (Å²) in [5.74, 6) is -0.588. The number of halogens is 1. The number of rotatable bonds is 3. The molecule has 1 heterocycles. The van der Waals surface area contributed by atoms with Gasteiger partial charge in [0.25, 0.3) is 5.91 Å². The molecule has 2 rings (SSSR count). The Kier molecular flexibility index (Phi) is 3.18. The molecular formula is C10H11FN6O. The van der Waals surface area contributed by atoms with Gasteiger partial charge in [-0.25, -0.2) is 4.39 Å². The van der Waals surface area contributed by atoms with Crippen LogP contribution in [0.3, 0.4) is 0 Å². The quantitative estimate of drug-likeness (QED) is 0.683. The van der Waals surface area contributed by atoms with Crippen LogP contribution in [0.5, 0.6) is 0 Å². The number of anilines is 1. The third kappa shape index (κ3) is 2.42. The summed E-state index contributed by atoms with van der Waals surface area (Å²) in [6.07, 6.45) is 0. The first-order valence-corrected chi connectivity index (χ1v) is 5.17. The molecule has 0 aliphatic rings. The Morgan fingerprint density at radius 2 is 2.33 bits per heavy atom. The lowest BCUT2D eigenvalue weighted by Gasteiger charge is -2.10. The van der Waals surface area contributed by atoms with E-state index in [1.54, 1.807) is 6.92 Å². The number of nitrogens with one attached hydrogen (secondary N) is 2. The lowest BCUT2D eigenvalue weighted by molar-refractivity contribution is 0.0938. The van der Waals surface area contributed by atoms with Gasteiger partial charge in [0.2, 0.25) is 0 Å². The lowest BCUT2D eigenvalue weighted by atomic mass is 10.1. The van der Waals surface area contributed by atoms with Crippen LogP contribution in [0.15, 0.2) is 18.2 Å². The summed E-state index contributed by atoms with van der Waals surface area (Å²) in [6.45, 7) is 1.70. The fourth-order valence-electron chi connectivity index (χ4n) is 1.38. The highest BCUT2D eigenvalue weighted by molar-refractivity contribution is 5.95. The molecule has 1 amide bonds. The maximum atomic E-state index is 13.0. The first-order valence-electron chi connectivity index (χ1n) is 5.17. The molecule has 0 bridgehead atoms. The number of H-pyrrole nitrogens is 1. The molecule has 0 spiro atoms. The summed E-state index contributed by atoms with van der Waals surface area (Å²) in [5, 5.41) is 15.8. The average molecular weight is 250 g/mol. The number of carbonyl (C=O) groups excluding carboxylic acids is 1. The SMILES string of the molecule is CC(NC(=O)c1ccc(F)c(N)c1)c1nn[nH]n1. The van der Waals surface area contributed by atoms with Gasteiger partial charge in [0.1, 0.15) is 5.82 Å². The summed E-state index contributed by atoms with van der Waals surface area (Å²) >= 11 is 0. The van der Waals surface area contributed by atoms with Crippen molar-refractivity contribution in [3.05, 3.63) is 35.4 Å². The van der Waals surface area contributed by atoms with Crippen molar-refractivity contribution in [1.29, 1.82) is 0 Å². The van der Waals surface area contributed by atoms with Gasteiger partial charge < -0.3 is 11.1 Å². The van der Waals surface area contributed by atoms with Gasteiger partial charge in [-0.1, -0.05) is 5.21 Å². The Labute approximate surface area is 102 Å². The van der Waals surface area contributed by atoms with Gasteiger partial charge in [0.05, 0.1) is 11.7 Å². The fourth-order valence-corrected chi connectivity index (χ4v) is 1.38. The summed E-state index contributed by atoms with van der Waals surface area (Å²) in [7, 11) is 0. The van der Waals surface area contributed by atoms with Crippen molar-refractivity contribution in [3.63, 3.8) is 0 Å². The molecule has 0 radical (unpaired) electrons. The molecule has 0 aliphatic heterocycles. The molecule has 8 heteroatoms. The molecule has 4 N–H and O–H groups in total. The summed E-state index contributed by atoms with van der Waals surface area (Å²) in [4.78, 5) is 11.8. The Balaban J connectivity index is 2.10. The highest BCUT2D eigenvalue weighted by Gasteiger charge is 2.15. The van der Waals surface area contributed by atoms with E-state index >= 15 is 0 Å². The number of hydrogen-bond acceptors (Lipinski definition) is 5. The van der Waals surface area contributed by atoms with Crippen molar-refractivity contribution in [2.75, 3.05) is 5.73 Å². The van der Waals surface area contributed by atoms with Crippen LogP contribution in [0.2, 0.25) is 0 Å². The maximum Gasteiger partial charge on any atom is 0.251 e. The first kappa shape index (κ1) is 12.0. The zero-order valence-electron chi connectivity index (χ0n) is 9.51. The monoisotopic (exact) mass is 250 g/mol. The van der Waals surface area contributed by atoms with Crippen LogP contribution in [-0.2, 0) is 0 Å². The van der Waals surface area contributed by atoms with Crippen LogP contribution in [0, 0.1) is 5.82 Å². The van der Waals surface area contributed by atoms with Crippen LogP contribution in [0.1, 0.15) is 29.1 Å². The van der Waals surface area contributed by atoms with Crippen LogP contribution in [0.4, 0.5) is 10.1 Å². The maximum absolute atomic E-state index is 13.0. The Bertz CT molecular complexity index is 556. The molecule has 0 saturated carbocycles. The number of carbonyl (C=O) groups is 1. The minimum absolute atomic E-state index is 0.0742. The number of amides is 1. The minimum Gasteiger partial charge on any atom is -0.396 e. The smallest absolute Gasteiger partial charge is 0.251 e. The van der Waals surface area contributed by atoms with E-state index in [4.69, 9.17) is 5.73 Å². The van der Waals surface area contributed by atoms with Gasteiger partial charge in [-0.15, -0.1) is 10.2 Å². The van der Waals surface area contributed by atoms with E-state index < -0.39 is 11.9 Å². The zero-order valence-corrected chi connectivity index (χ0v) is 9.51. The fraction of sp³-hybridized carbons (Fsp3) is 0.200. The molecule has 1 aromatic carbocycles. The number of nitrogens with zero attached hydrogens (tertiary/aromatic N) is 3. The van der Waals surface area contributed by atoms with Crippen molar-refractivity contribution in [2.45, 2.75) is 13.0 Å². The predicted molar refractivity (Wildman–Crippen MR) is 60.9 cm³/mol. The molecular weight excluding hydrogens is 239 g/mol. The van der Waals surface area contributed by atoms with E-state index in [2.05, 4.69) is 25.9 Å². The van der Waals surface area contributed by atoms with E-state index in [9.17, 15) is 9.18 Å². The van der Waals surface area contributed by atoms with Crippen LogP contribution in [0.25, 0.3) is 0 Å². The number of aromatic nitrogens is 4. The van der Waals surface area contributed by atoms with Gasteiger partial charge in [-0.2, -0.15) is 5.21 Å². The molecule has 2 aromatic rings. The van der Waals surface area contributed by atoms with E-state index in [0.29, 0.717) is 5.82 Å². The van der Waals surface area contributed by atoms with E-state index in [1.165, 1.54) is 12.1 Å². The van der Waals surface area contributed by atoms with Crippen LogP contribution in [-0.4, -0.2) is 26.5 Å². The van der Waals surface area contributed by atoms with Gasteiger partial charge in [0, 0.05) is 5.56 Å². The molecule has 1 aromatic heterocycles. The number of tetrazole rings is 1. The standard InChI is InChI=1S/C10H11FN6O/c1-5(9-14-16-17-15-9)13-10(18)6-2-3-7(11)8(12)4-6/h2-5H,12H2,1H3,(H,13,18)(H,14,15,16,17). The average Bonchev–Trinajstić information content (AvgIpc) is 2.86. The van der Waals surface area contributed by atoms with E-state index in [-0.39, 0.29) is 17.2 Å². The molecule has 0 aliphatic carbocycles. The minimum atomic E-state index is -0.558. The van der Waals surface area contributed by atoms with Crippen LogP contribution >= 0.6 is 0 Å². The number of aromatic amines is 1. The first-order chi connectivity index (χ1) is 8.58. The van der Waals surface area contributed by atoms with Crippen molar-refractivity contribution in [3.8, 4) is 0 Å². The molecule has 7 nitrogen and oxygen atoms in total. The molecule has 0 fully saturated rings. The van der Waals surface area contributed by atoms with Gasteiger partial charge >= 0.3 is 0 Å². The van der Waals surface area contributed by atoms with Crippen molar-refractivity contribution in [1.82, 2.24) is 25.9 Å². The number of nitrogens with two attached hydrogens (primary N) is 1.